The highest BCUT2D eigenvalue weighted by Gasteiger charge is 2.25. The second kappa shape index (κ2) is 10.5. The van der Waals surface area contributed by atoms with Crippen LogP contribution >= 0.6 is 0 Å². The van der Waals surface area contributed by atoms with Gasteiger partial charge in [-0.2, -0.15) is 4.98 Å². The maximum Gasteiger partial charge on any atom is 0.249 e. The Morgan fingerprint density at radius 1 is 1.03 bits per heavy atom. The van der Waals surface area contributed by atoms with E-state index < -0.39 is 6.04 Å². The Hall–Kier alpha value is -3.48. The quantitative estimate of drug-likeness (QED) is 0.480. The van der Waals surface area contributed by atoms with E-state index in [1.807, 2.05) is 51.1 Å². The predicted octanol–water partition coefficient (Wildman–Crippen LogP) is 4.61. The Labute approximate surface area is 181 Å². The molecule has 0 radical (unpaired) electrons. The summed E-state index contributed by atoms with van der Waals surface area (Å²) in [5.74, 6) is 1.24. The average molecular weight is 421 g/mol. The second-order valence-corrected chi connectivity index (χ2v) is 7.49. The van der Waals surface area contributed by atoms with Crippen molar-refractivity contribution >= 4 is 11.7 Å². The van der Waals surface area contributed by atoms with Crippen molar-refractivity contribution in [2.45, 2.75) is 39.7 Å². The van der Waals surface area contributed by atoms with Crippen LogP contribution in [-0.2, 0) is 4.79 Å². The first-order valence-corrected chi connectivity index (χ1v) is 10.4. The summed E-state index contributed by atoms with van der Waals surface area (Å²) in [6.45, 7) is 6.39. The van der Waals surface area contributed by atoms with Crippen LogP contribution in [0.4, 0.5) is 0 Å². The fraction of sp³-hybridized carbons (Fsp3) is 0.333. The van der Waals surface area contributed by atoms with Crippen LogP contribution in [0.25, 0.3) is 11.4 Å². The number of aromatic nitrogens is 2. The maximum absolute atomic E-state index is 12.5. The predicted molar refractivity (Wildman–Crippen MR) is 117 cm³/mol. The van der Waals surface area contributed by atoms with Gasteiger partial charge in [0.1, 0.15) is 11.8 Å². The van der Waals surface area contributed by atoms with Gasteiger partial charge in [-0.3, -0.25) is 9.59 Å². The van der Waals surface area contributed by atoms with E-state index in [1.54, 1.807) is 24.3 Å². The number of nitrogens with zero attached hydrogens (tertiary/aromatic N) is 2. The molecule has 7 nitrogen and oxygen atoms in total. The standard InChI is InChI=1S/C24H27N3O4/c1-4-30-19-12-10-17(11-13-19)20(28)14-15-21(29)25-22(16(2)3)24-26-23(27-31-24)18-8-6-5-7-9-18/h5-13,16,22H,4,14-15H2,1-3H3,(H,25,29)/t22-/m1/s1. The molecule has 7 heteroatoms. The third kappa shape index (κ3) is 6.01. The minimum absolute atomic E-state index is 0.0369. The lowest BCUT2D eigenvalue weighted by Crippen LogP contribution is -2.32. The van der Waals surface area contributed by atoms with Crippen molar-refractivity contribution in [3.63, 3.8) is 0 Å². The van der Waals surface area contributed by atoms with Gasteiger partial charge in [-0.1, -0.05) is 49.3 Å². The second-order valence-electron chi connectivity index (χ2n) is 7.49. The normalized spacial score (nSPS) is 11.9. The van der Waals surface area contributed by atoms with E-state index in [0.29, 0.717) is 29.6 Å². The number of amides is 1. The topological polar surface area (TPSA) is 94.3 Å². The minimum Gasteiger partial charge on any atom is -0.494 e. The highest BCUT2D eigenvalue weighted by molar-refractivity contribution is 5.98. The van der Waals surface area contributed by atoms with Gasteiger partial charge >= 0.3 is 0 Å². The molecule has 0 saturated heterocycles. The van der Waals surface area contributed by atoms with Crippen LogP contribution < -0.4 is 10.1 Å². The average Bonchev–Trinajstić information content (AvgIpc) is 3.27. The SMILES string of the molecule is CCOc1ccc(C(=O)CCC(=O)N[C@@H](c2nc(-c3ccccc3)no2)C(C)C)cc1. The smallest absolute Gasteiger partial charge is 0.249 e. The summed E-state index contributed by atoms with van der Waals surface area (Å²) in [5.41, 5.74) is 1.40. The van der Waals surface area contributed by atoms with Gasteiger partial charge in [0.2, 0.25) is 17.6 Å². The number of Topliss-reactive ketones (excluding diaryl/α,β-unsaturated/α-hetero) is 1. The monoisotopic (exact) mass is 421 g/mol. The Morgan fingerprint density at radius 2 is 1.74 bits per heavy atom. The summed E-state index contributed by atoms with van der Waals surface area (Å²) < 4.78 is 10.8. The van der Waals surface area contributed by atoms with E-state index in [1.165, 1.54) is 0 Å². The molecule has 0 unspecified atom stereocenters. The van der Waals surface area contributed by atoms with Crippen molar-refractivity contribution in [3.8, 4) is 17.1 Å². The number of ketones is 1. The number of hydrogen-bond donors (Lipinski definition) is 1. The summed E-state index contributed by atoms with van der Waals surface area (Å²) in [6.07, 6.45) is 0.193. The first-order chi connectivity index (χ1) is 15.0. The molecule has 3 aromatic rings. The van der Waals surface area contributed by atoms with Crippen LogP contribution in [0, 0.1) is 5.92 Å². The summed E-state index contributed by atoms with van der Waals surface area (Å²) in [6, 6.07) is 16.0. The lowest BCUT2D eigenvalue weighted by atomic mass is 10.0. The first-order valence-electron chi connectivity index (χ1n) is 10.4. The Kier molecular flexibility index (Phi) is 7.54. The van der Waals surface area contributed by atoms with E-state index in [2.05, 4.69) is 15.5 Å². The highest BCUT2D eigenvalue weighted by atomic mass is 16.5. The largest absolute Gasteiger partial charge is 0.494 e. The lowest BCUT2D eigenvalue weighted by molar-refractivity contribution is -0.122. The molecule has 0 spiro atoms. The summed E-state index contributed by atoms with van der Waals surface area (Å²) in [4.78, 5) is 29.4. The van der Waals surface area contributed by atoms with Crippen LogP contribution in [-0.4, -0.2) is 28.4 Å². The van der Waals surface area contributed by atoms with Gasteiger partial charge in [0.25, 0.3) is 0 Å². The van der Waals surface area contributed by atoms with Crippen molar-refractivity contribution in [1.82, 2.24) is 15.5 Å². The number of rotatable bonds is 10. The summed E-state index contributed by atoms with van der Waals surface area (Å²) >= 11 is 0. The van der Waals surface area contributed by atoms with Crippen LogP contribution in [0.3, 0.4) is 0 Å². The van der Waals surface area contributed by atoms with E-state index >= 15 is 0 Å². The van der Waals surface area contributed by atoms with Gasteiger partial charge in [-0.05, 0) is 37.1 Å². The van der Waals surface area contributed by atoms with Gasteiger partial charge in [0.15, 0.2) is 5.78 Å². The molecule has 2 aromatic carbocycles. The van der Waals surface area contributed by atoms with Gasteiger partial charge in [0.05, 0.1) is 6.61 Å². The number of hydrogen-bond acceptors (Lipinski definition) is 6. The minimum atomic E-state index is -0.432. The van der Waals surface area contributed by atoms with Crippen molar-refractivity contribution in [2.75, 3.05) is 6.61 Å². The molecule has 1 aromatic heterocycles. The lowest BCUT2D eigenvalue weighted by Gasteiger charge is -2.18. The molecule has 0 saturated carbocycles. The van der Waals surface area contributed by atoms with Gasteiger partial charge in [0, 0.05) is 24.0 Å². The van der Waals surface area contributed by atoms with Crippen LogP contribution in [0.5, 0.6) is 5.75 Å². The van der Waals surface area contributed by atoms with E-state index in [0.717, 1.165) is 5.56 Å². The molecular weight excluding hydrogens is 394 g/mol. The van der Waals surface area contributed by atoms with Crippen LogP contribution in [0.1, 0.15) is 55.9 Å². The third-order valence-electron chi connectivity index (χ3n) is 4.79. The van der Waals surface area contributed by atoms with E-state index in [4.69, 9.17) is 9.26 Å². The molecule has 0 aliphatic rings. The third-order valence-corrected chi connectivity index (χ3v) is 4.79. The molecule has 0 aliphatic heterocycles. The molecule has 0 bridgehead atoms. The molecule has 0 fully saturated rings. The maximum atomic E-state index is 12.5. The van der Waals surface area contributed by atoms with Crippen molar-refractivity contribution in [2.24, 2.45) is 5.92 Å². The molecule has 0 aliphatic carbocycles. The zero-order valence-corrected chi connectivity index (χ0v) is 18.0. The highest BCUT2D eigenvalue weighted by Crippen LogP contribution is 2.24. The van der Waals surface area contributed by atoms with Gasteiger partial charge in [-0.25, -0.2) is 0 Å². The van der Waals surface area contributed by atoms with E-state index in [-0.39, 0.29) is 30.4 Å². The molecule has 1 atom stereocenters. The zero-order chi connectivity index (χ0) is 22.2. The van der Waals surface area contributed by atoms with Gasteiger partial charge in [-0.15, -0.1) is 0 Å². The molecule has 1 N–H and O–H groups in total. The molecule has 3 rings (SSSR count). The first kappa shape index (κ1) is 22.2. The molecule has 162 valence electrons. The summed E-state index contributed by atoms with van der Waals surface area (Å²) in [7, 11) is 0. The molecule has 1 amide bonds. The fourth-order valence-electron chi connectivity index (χ4n) is 3.10. The number of carbonyl (C=O) groups is 2. The Balaban J connectivity index is 1.58. The Bertz CT molecular complexity index is 997. The number of carbonyl (C=O) groups excluding carboxylic acids is 2. The number of benzene rings is 2. The van der Waals surface area contributed by atoms with Crippen molar-refractivity contribution < 1.29 is 18.8 Å². The zero-order valence-electron chi connectivity index (χ0n) is 18.0. The number of ether oxygens (including phenoxy) is 1. The van der Waals surface area contributed by atoms with Crippen LogP contribution in [0.15, 0.2) is 59.1 Å². The van der Waals surface area contributed by atoms with Crippen molar-refractivity contribution in [3.05, 3.63) is 66.1 Å². The summed E-state index contributed by atoms with van der Waals surface area (Å²) in [5, 5.41) is 6.95. The molecule has 31 heavy (non-hydrogen) atoms. The molecule has 1 heterocycles. The van der Waals surface area contributed by atoms with Crippen LogP contribution in [0.2, 0.25) is 0 Å². The number of nitrogens with one attached hydrogen (secondary N) is 1. The Morgan fingerprint density at radius 3 is 2.39 bits per heavy atom. The fourth-order valence-corrected chi connectivity index (χ4v) is 3.10. The van der Waals surface area contributed by atoms with Crippen molar-refractivity contribution in [1.29, 1.82) is 0 Å². The molecular formula is C24H27N3O4. The van der Waals surface area contributed by atoms with E-state index in [9.17, 15) is 9.59 Å². The van der Waals surface area contributed by atoms with Gasteiger partial charge < -0.3 is 14.6 Å².